The van der Waals surface area contributed by atoms with Gasteiger partial charge in [-0.1, -0.05) is 13.3 Å². The molecule has 0 aliphatic carbocycles. The average molecular weight is 293 g/mol. The fourth-order valence-electron chi connectivity index (χ4n) is 2.28. The molecule has 0 N–H and O–H groups in total. The quantitative estimate of drug-likeness (QED) is 0.802. The summed E-state index contributed by atoms with van der Waals surface area (Å²) in [4.78, 5) is 26.0. The number of carbonyl (C=O) groups excluding carboxylic acids is 2. The van der Waals surface area contributed by atoms with Crippen molar-refractivity contribution in [3.8, 4) is 0 Å². The molecule has 1 aromatic carbocycles. The van der Waals surface area contributed by atoms with Gasteiger partial charge in [0.05, 0.1) is 21.4 Å². The van der Waals surface area contributed by atoms with Crippen molar-refractivity contribution in [2.75, 3.05) is 11.4 Å². The Morgan fingerprint density at radius 1 is 1.40 bits per heavy atom. The van der Waals surface area contributed by atoms with Gasteiger partial charge in [0.25, 0.3) is 0 Å². The number of nitrogens with zero attached hydrogens (tertiary/aromatic N) is 1. The molecule has 0 spiro atoms. The standard InChI is InChI=1S/C15H19NO3S/c1-4-5-8-16-13-7-6-12(10(2)17)9-14(13)20(19)11(3)15(16)18/h6-7,9,11H,4-5,8H2,1-3H3. The number of amides is 1. The molecule has 0 saturated heterocycles. The first-order chi connectivity index (χ1) is 9.47. The van der Waals surface area contributed by atoms with Crippen molar-refractivity contribution in [1.29, 1.82) is 0 Å². The molecular weight excluding hydrogens is 274 g/mol. The van der Waals surface area contributed by atoms with Crippen LogP contribution in [-0.2, 0) is 15.6 Å². The summed E-state index contributed by atoms with van der Waals surface area (Å²) in [5, 5.41) is -0.554. The number of carbonyl (C=O) groups is 2. The fourth-order valence-corrected chi connectivity index (χ4v) is 3.60. The molecule has 0 fully saturated rings. The van der Waals surface area contributed by atoms with E-state index in [4.69, 9.17) is 0 Å². The van der Waals surface area contributed by atoms with Crippen molar-refractivity contribution < 1.29 is 13.8 Å². The maximum Gasteiger partial charge on any atom is 0.242 e. The molecule has 4 nitrogen and oxygen atoms in total. The predicted molar refractivity (Wildman–Crippen MR) is 79.6 cm³/mol. The minimum absolute atomic E-state index is 0.0607. The highest BCUT2D eigenvalue weighted by Gasteiger charge is 2.35. The third-order valence-electron chi connectivity index (χ3n) is 3.54. The topological polar surface area (TPSA) is 54.5 Å². The molecule has 108 valence electrons. The highest BCUT2D eigenvalue weighted by Crippen LogP contribution is 2.33. The fraction of sp³-hybridized carbons (Fsp3) is 0.467. The number of rotatable bonds is 4. The first kappa shape index (κ1) is 14.9. The van der Waals surface area contributed by atoms with Crippen LogP contribution in [-0.4, -0.2) is 27.7 Å². The number of unbranched alkanes of at least 4 members (excludes halogenated alkanes) is 1. The van der Waals surface area contributed by atoms with Crippen LogP contribution in [0.4, 0.5) is 5.69 Å². The van der Waals surface area contributed by atoms with E-state index in [1.54, 1.807) is 30.0 Å². The van der Waals surface area contributed by atoms with E-state index in [1.165, 1.54) is 6.92 Å². The maximum atomic E-state index is 12.4. The Bertz CT molecular complexity index is 582. The highest BCUT2D eigenvalue weighted by atomic mass is 32.2. The van der Waals surface area contributed by atoms with Crippen LogP contribution in [0.1, 0.15) is 44.0 Å². The Hall–Kier alpha value is -1.49. The Morgan fingerprint density at radius 3 is 2.70 bits per heavy atom. The number of hydrogen-bond acceptors (Lipinski definition) is 3. The van der Waals surface area contributed by atoms with Crippen LogP contribution in [0.15, 0.2) is 23.1 Å². The number of Topliss-reactive ketones (excluding diaryl/α,β-unsaturated/α-hetero) is 1. The van der Waals surface area contributed by atoms with Gasteiger partial charge in [-0.2, -0.15) is 0 Å². The van der Waals surface area contributed by atoms with E-state index in [0.717, 1.165) is 12.8 Å². The molecule has 2 atom stereocenters. The Balaban J connectivity index is 2.50. The molecule has 0 aromatic heterocycles. The van der Waals surface area contributed by atoms with Crippen molar-refractivity contribution in [3.05, 3.63) is 23.8 Å². The Labute approximate surface area is 121 Å². The lowest BCUT2D eigenvalue weighted by Crippen LogP contribution is -2.44. The SMILES string of the molecule is CCCCN1C(=O)C(C)S(=O)c2cc(C(C)=O)ccc21. The second kappa shape index (κ2) is 5.87. The first-order valence-electron chi connectivity index (χ1n) is 6.84. The van der Waals surface area contributed by atoms with Gasteiger partial charge in [0, 0.05) is 12.1 Å². The lowest BCUT2D eigenvalue weighted by atomic mass is 10.1. The molecular formula is C15H19NO3S. The molecule has 1 aliphatic rings. The van der Waals surface area contributed by atoms with Crippen LogP contribution < -0.4 is 4.90 Å². The van der Waals surface area contributed by atoms with Crippen LogP contribution in [0.5, 0.6) is 0 Å². The predicted octanol–water partition coefficient (Wildman–Crippen LogP) is 2.53. The third-order valence-corrected chi connectivity index (χ3v) is 5.15. The second-order valence-electron chi connectivity index (χ2n) is 5.02. The van der Waals surface area contributed by atoms with Crippen LogP contribution in [0.2, 0.25) is 0 Å². The molecule has 5 heteroatoms. The Kier molecular flexibility index (Phi) is 4.38. The van der Waals surface area contributed by atoms with Gasteiger partial charge in [-0.25, -0.2) is 0 Å². The van der Waals surface area contributed by atoms with Crippen molar-refractivity contribution in [2.45, 2.75) is 43.8 Å². The largest absolute Gasteiger partial charge is 0.310 e. The third kappa shape index (κ3) is 2.54. The summed E-state index contributed by atoms with van der Waals surface area (Å²) in [6, 6.07) is 5.10. The van der Waals surface area contributed by atoms with Crippen LogP contribution >= 0.6 is 0 Å². The zero-order valence-electron chi connectivity index (χ0n) is 12.0. The van der Waals surface area contributed by atoms with E-state index >= 15 is 0 Å². The highest BCUT2D eigenvalue weighted by molar-refractivity contribution is 7.86. The van der Waals surface area contributed by atoms with E-state index < -0.39 is 16.0 Å². The average Bonchev–Trinajstić information content (AvgIpc) is 2.44. The van der Waals surface area contributed by atoms with Gasteiger partial charge >= 0.3 is 0 Å². The summed E-state index contributed by atoms with van der Waals surface area (Å²) < 4.78 is 12.4. The normalized spacial score (nSPS) is 21.8. The van der Waals surface area contributed by atoms with Crippen molar-refractivity contribution in [2.24, 2.45) is 0 Å². The van der Waals surface area contributed by atoms with E-state index in [1.807, 2.05) is 0 Å². The van der Waals surface area contributed by atoms with Crippen LogP contribution in [0.3, 0.4) is 0 Å². The van der Waals surface area contributed by atoms with Gasteiger partial charge in [-0.15, -0.1) is 0 Å². The van der Waals surface area contributed by atoms with Gasteiger partial charge < -0.3 is 4.90 Å². The van der Waals surface area contributed by atoms with Gasteiger partial charge in [-0.3, -0.25) is 13.8 Å². The number of fused-ring (bicyclic) bond motifs is 1. The monoisotopic (exact) mass is 293 g/mol. The molecule has 2 unspecified atom stereocenters. The molecule has 0 radical (unpaired) electrons. The molecule has 1 heterocycles. The van der Waals surface area contributed by atoms with Crippen molar-refractivity contribution in [1.82, 2.24) is 0 Å². The van der Waals surface area contributed by atoms with Crippen LogP contribution in [0, 0.1) is 0 Å². The number of benzene rings is 1. The summed E-state index contributed by atoms with van der Waals surface area (Å²) in [6.45, 7) is 5.86. The van der Waals surface area contributed by atoms with E-state index in [0.29, 0.717) is 22.7 Å². The van der Waals surface area contributed by atoms with Gasteiger partial charge in [0.1, 0.15) is 5.25 Å². The molecule has 0 saturated carbocycles. The van der Waals surface area contributed by atoms with Crippen molar-refractivity contribution >= 4 is 28.2 Å². The van der Waals surface area contributed by atoms with Gasteiger partial charge in [-0.05, 0) is 38.5 Å². The van der Waals surface area contributed by atoms with Crippen LogP contribution in [0.25, 0.3) is 0 Å². The summed E-state index contributed by atoms with van der Waals surface area (Å²) in [6.07, 6.45) is 1.89. The molecule has 2 rings (SSSR count). The smallest absolute Gasteiger partial charge is 0.242 e. The summed E-state index contributed by atoms with van der Waals surface area (Å²) in [5.74, 6) is -0.158. The minimum Gasteiger partial charge on any atom is -0.310 e. The molecule has 1 amide bonds. The molecule has 1 aliphatic heterocycles. The van der Waals surface area contributed by atoms with E-state index in [2.05, 4.69) is 6.92 Å². The second-order valence-corrected chi connectivity index (χ2v) is 6.76. The lowest BCUT2D eigenvalue weighted by Gasteiger charge is -2.32. The number of hydrogen-bond donors (Lipinski definition) is 0. The lowest BCUT2D eigenvalue weighted by molar-refractivity contribution is -0.118. The number of ketones is 1. The zero-order chi connectivity index (χ0) is 14.9. The summed E-state index contributed by atoms with van der Waals surface area (Å²) in [5.41, 5.74) is 1.22. The van der Waals surface area contributed by atoms with E-state index in [9.17, 15) is 13.8 Å². The van der Waals surface area contributed by atoms with Gasteiger partial charge in [0.15, 0.2) is 5.78 Å². The summed E-state index contributed by atoms with van der Waals surface area (Å²) in [7, 11) is -1.39. The molecule has 20 heavy (non-hydrogen) atoms. The zero-order valence-corrected chi connectivity index (χ0v) is 12.8. The molecule has 1 aromatic rings. The van der Waals surface area contributed by atoms with Crippen molar-refractivity contribution in [3.63, 3.8) is 0 Å². The van der Waals surface area contributed by atoms with E-state index in [-0.39, 0.29) is 11.7 Å². The summed E-state index contributed by atoms with van der Waals surface area (Å²) >= 11 is 0. The van der Waals surface area contributed by atoms with Gasteiger partial charge in [0.2, 0.25) is 5.91 Å². The Morgan fingerprint density at radius 2 is 2.10 bits per heavy atom. The number of anilines is 1. The first-order valence-corrected chi connectivity index (χ1v) is 8.05. The minimum atomic E-state index is -1.39. The maximum absolute atomic E-state index is 12.4. The molecule has 0 bridgehead atoms.